The number of nitrogens with zero attached hydrogens (tertiary/aromatic N) is 3. The maximum Gasteiger partial charge on any atom is 0.308 e. The summed E-state index contributed by atoms with van der Waals surface area (Å²) in [7, 11) is 1.43. The van der Waals surface area contributed by atoms with Crippen LogP contribution in [0.15, 0.2) is 79.4 Å². The number of benzene rings is 3. The summed E-state index contributed by atoms with van der Waals surface area (Å²) < 4.78 is 18.5. The van der Waals surface area contributed by atoms with Gasteiger partial charge in [0.1, 0.15) is 5.58 Å². The van der Waals surface area contributed by atoms with Gasteiger partial charge in [-0.3, -0.25) is 9.59 Å². The SMILES string of the molecule is COc1cc(C=Nn2c(-c3cc4cc(Br)ccc4o3)nc3ccccc3c2=O)cc(Cl)c1OC(C)=O. The van der Waals surface area contributed by atoms with Crippen molar-refractivity contribution in [3.05, 3.63) is 86.1 Å². The van der Waals surface area contributed by atoms with Gasteiger partial charge in [0, 0.05) is 16.8 Å². The molecular formula is C26H17BrClN3O5. The van der Waals surface area contributed by atoms with Crippen LogP contribution in [-0.2, 0) is 4.79 Å². The first kappa shape index (κ1) is 23.8. The lowest BCUT2D eigenvalue weighted by molar-refractivity contribution is -0.132. The van der Waals surface area contributed by atoms with Crippen LogP contribution in [0, 0.1) is 0 Å². The van der Waals surface area contributed by atoms with Crippen LogP contribution in [0.3, 0.4) is 0 Å². The summed E-state index contributed by atoms with van der Waals surface area (Å²) in [6.07, 6.45) is 1.44. The van der Waals surface area contributed by atoms with Crippen molar-refractivity contribution in [1.82, 2.24) is 9.66 Å². The van der Waals surface area contributed by atoms with Crippen molar-refractivity contribution in [2.45, 2.75) is 6.92 Å². The van der Waals surface area contributed by atoms with E-state index in [9.17, 15) is 9.59 Å². The maximum atomic E-state index is 13.4. The summed E-state index contributed by atoms with van der Waals surface area (Å²) in [5.74, 6) is 0.419. The van der Waals surface area contributed by atoms with E-state index in [1.807, 2.05) is 18.2 Å². The molecule has 0 radical (unpaired) electrons. The molecule has 36 heavy (non-hydrogen) atoms. The fraction of sp³-hybridized carbons (Fsp3) is 0.0769. The van der Waals surface area contributed by atoms with Gasteiger partial charge >= 0.3 is 5.97 Å². The van der Waals surface area contributed by atoms with Crippen molar-refractivity contribution >= 4 is 61.6 Å². The Hall–Kier alpha value is -3.95. The van der Waals surface area contributed by atoms with Crippen molar-refractivity contribution in [2.75, 3.05) is 7.11 Å². The van der Waals surface area contributed by atoms with Gasteiger partial charge in [-0.05, 0) is 54.1 Å². The second-order valence-electron chi connectivity index (χ2n) is 7.73. The molecule has 0 saturated carbocycles. The third-order valence-corrected chi connectivity index (χ3v) is 6.05. The molecule has 8 nitrogen and oxygen atoms in total. The van der Waals surface area contributed by atoms with Crippen molar-refractivity contribution in [3.8, 4) is 23.1 Å². The molecule has 3 aromatic carbocycles. The van der Waals surface area contributed by atoms with Crippen LogP contribution in [0.1, 0.15) is 12.5 Å². The van der Waals surface area contributed by atoms with E-state index < -0.39 is 5.97 Å². The number of fused-ring (bicyclic) bond motifs is 2. The van der Waals surface area contributed by atoms with Gasteiger partial charge in [-0.2, -0.15) is 9.78 Å². The highest BCUT2D eigenvalue weighted by molar-refractivity contribution is 9.10. The molecule has 5 rings (SSSR count). The third-order valence-electron chi connectivity index (χ3n) is 5.27. The lowest BCUT2D eigenvalue weighted by Crippen LogP contribution is -2.20. The summed E-state index contributed by atoms with van der Waals surface area (Å²) in [6.45, 7) is 1.27. The van der Waals surface area contributed by atoms with Gasteiger partial charge in [-0.15, -0.1) is 0 Å². The standard InChI is InChI=1S/C26H17BrClN3O5/c1-14(32)35-24-19(28)9-15(10-22(24)34-2)13-29-31-25(30-20-6-4-3-5-18(20)26(31)33)23-12-16-11-17(27)7-8-21(16)36-23/h3-13H,1-2H3. The molecule has 0 aliphatic carbocycles. The number of methoxy groups -OCH3 is 1. The molecule has 180 valence electrons. The molecule has 0 aliphatic heterocycles. The summed E-state index contributed by atoms with van der Waals surface area (Å²) in [6, 6.07) is 17.5. The number of rotatable bonds is 5. The van der Waals surface area contributed by atoms with Crippen molar-refractivity contribution < 1.29 is 18.7 Å². The number of esters is 1. The minimum absolute atomic E-state index is 0.0995. The number of halogens is 2. The predicted molar refractivity (Wildman–Crippen MR) is 141 cm³/mol. The average molecular weight is 567 g/mol. The molecule has 0 saturated heterocycles. The number of para-hydroxylation sites is 1. The lowest BCUT2D eigenvalue weighted by Gasteiger charge is -2.11. The number of aromatic nitrogens is 2. The Balaban J connectivity index is 1.67. The molecule has 5 aromatic rings. The molecule has 10 heteroatoms. The van der Waals surface area contributed by atoms with Gasteiger partial charge in [0.25, 0.3) is 5.56 Å². The topological polar surface area (TPSA) is 95.9 Å². The van der Waals surface area contributed by atoms with Crippen LogP contribution in [0.25, 0.3) is 33.5 Å². The maximum absolute atomic E-state index is 13.4. The van der Waals surface area contributed by atoms with E-state index in [1.54, 1.807) is 42.5 Å². The number of carbonyl (C=O) groups excluding carboxylic acids is 1. The van der Waals surface area contributed by atoms with Crippen LogP contribution in [-0.4, -0.2) is 29.0 Å². The third kappa shape index (κ3) is 4.50. The second-order valence-corrected chi connectivity index (χ2v) is 9.06. The molecule has 0 bridgehead atoms. The number of carbonyl (C=O) groups is 1. The highest BCUT2D eigenvalue weighted by atomic mass is 79.9. The van der Waals surface area contributed by atoms with Crippen LogP contribution in [0.2, 0.25) is 5.02 Å². The lowest BCUT2D eigenvalue weighted by atomic mass is 10.2. The Morgan fingerprint density at radius 2 is 1.97 bits per heavy atom. The fourth-order valence-electron chi connectivity index (χ4n) is 3.70. The number of ether oxygens (including phenoxy) is 2. The van der Waals surface area contributed by atoms with Gasteiger partial charge in [0.05, 0.1) is 29.2 Å². The first-order chi connectivity index (χ1) is 17.3. The van der Waals surface area contributed by atoms with Crippen LogP contribution >= 0.6 is 27.5 Å². The quantitative estimate of drug-likeness (QED) is 0.146. The Morgan fingerprint density at radius 3 is 2.75 bits per heavy atom. The average Bonchev–Trinajstić information content (AvgIpc) is 3.27. The largest absolute Gasteiger partial charge is 0.493 e. The highest BCUT2D eigenvalue weighted by Gasteiger charge is 2.17. The van der Waals surface area contributed by atoms with Gasteiger partial charge < -0.3 is 13.9 Å². The molecule has 0 aliphatic rings. The molecule has 0 amide bonds. The minimum Gasteiger partial charge on any atom is -0.493 e. The monoisotopic (exact) mass is 565 g/mol. The first-order valence-electron chi connectivity index (χ1n) is 10.7. The Kier molecular flexibility index (Phi) is 6.34. The minimum atomic E-state index is -0.534. The van der Waals surface area contributed by atoms with E-state index >= 15 is 0 Å². The second kappa shape index (κ2) is 9.60. The molecule has 2 heterocycles. The summed E-state index contributed by atoms with van der Waals surface area (Å²) in [4.78, 5) is 29.5. The Labute approximate surface area is 217 Å². The molecule has 0 spiro atoms. The summed E-state index contributed by atoms with van der Waals surface area (Å²) >= 11 is 9.77. The molecule has 2 aromatic heterocycles. The van der Waals surface area contributed by atoms with E-state index in [2.05, 4.69) is 26.0 Å². The first-order valence-corrected chi connectivity index (χ1v) is 11.8. The van der Waals surface area contributed by atoms with Crippen LogP contribution < -0.4 is 15.0 Å². The van der Waals surface area contributed by atoms with E-state index in [0.29, 0.717) is 27.8 Å². The van der Waals surface area contributed by atoms with Crippen molar-refractivity contribution in [3.63, 3.8) is 0 Å². The van der Waals surface area contributed by atoms with Crippen molar-refractivity contribution in [1.29, 1.82) is 0 Å². The molecular weight excluding hydrogens is 550 g/mol. The van der Waals surface area contributed by atoms with Crippen molar-refractivity contribution in [2.24, 2.45) is 5.10 Å². The molecule has 0 atom stereocenters. The number of hydrogen-bond acceptors (Lipinski definition) is 7. The van der Waals surface area contributed by atoms with E-state index in [4.69, 9.17) is 25.5 Å². The van der Waals surface area contributed by atoms with Crippen LogP contribution in [0.5, 0.6) is 11.5 Å². The van der Waals surface area contributed by atoms with Gasteiger partial charge in [0.15, 0.2) is 17.3 Å². The molecule has 0 unspecified atom stereocenters. The van der Waals surface area contributed by atoms with E-state index in [1.165, 1.54) is 24.9 Å². The van der Waals surface area contributed by atoms with Gasteiger partial charge in [-0.25, -0.2) is 4.98 Å². The zero-order chi connectivity index (χ0) is 25.4. The molecule has 0 fully saturated rings. The van der Waals surface area contributed by atoms with E-state index in [0.717, 1.165) is 9.86 Å². The van der Waals surface area contributed by atoms with Gasteiger partial charge in [-0.1, -0.05) is 39.7 Å². The Bertz CT molecular complexity index is 1740. The van der Waals surface area contributed by atoms with E-state index in [-0.39, 0.29) is 27.9 Å². The number of furan rings is 1. The zero-order valence-electron chi connectivity index (χ0n) is 19.0. The number of hydrogen-bond donors (Lipinski definition) is 0. The smallest absolute Gasteiger partial charge is 0.308 e. The highest BCUT2D eigenvalue weighted by Crippen LogP contribution is 2.36. The Morgan fingerprint density at radius 1 is 1.17 bits per heavy atom. The van der Waals surface area contributed by atoms with Gasteiger partial charge in [0.2, 0.25) is 5.82 Å². The summed E-state index contributed by atoms with van der Waals surface area (Å²) in [5.41, 5.74) is 1.29. The van der Waals surface area contributed by atoms with Crippen LogP contribution in [0.4, 0.5) is 0 Å². The fourth-order valence-corrected chi connectivity index (χ4v) is 4.33. The predicted octanol–water partition coefficient (Wildman–Crippen LogP) is 6.04. The zero-order valence-corrected chi connectivity index (χ0v) is 21.3. The normalized spacial score (nSPS) is 11.4. The molecule has 0 N–H and O–H groups in total. The summed E-state index contributed by atoms with van der Waals surface area (Å²) in [5, 5.41) is 5.82.